The largest absolute Gasteiger partial charge is 0.495 e. The van der Waals surface area contributed by atoms with E-state index in [-0.39, 0.29) is 29.1 Å². The highest BCUT2D eigenvalue weighted by molar-refractivity contribution is 5.70. The molecular weight excluding hydrogens is 435 g/mol. The SMILES string of the molecule is COc1cc2c(cc1Nc1ncc(C#N)c(Nc3c(F)cccc3C(C)OC)n1)CN(C)CC2. The number of fused-ring (bicyclic) bond motifs is 1. The normalized spacial score (nSPS) is 14.1. The molecule has 2 heterocycles. The topological polar surface area (TPSA) is 95.3 Å². The van der Waals surface area contributed by atoms with E-state index in [0.717, 1.165) is 19.5 Å². The van der Waals surface area contributed by atoms with Crippen LogP contribution in [-0.4, -0.2) is 42.7 Å². The molecule has 0 bridgehead atoms. The molecule has 4 rings (SSSR count). The second kappa shape index (κ2) is 10.0. The minimum absolute atomic E-state index is 0.184. The summed E-state index contributed by atoms with van der Waals surface area (Å²) in [6, 6.07) is 10.8. The van der Waals surface area contributed by atoms with Gasteiger partial charge in [0.15, 0.2) is 5.82 Å². The van der Waals surface area contributed by atoms with Crippen LogP contribution < -0.4 is 15.4 Å². The fourth-order valence-corrected chi connectivity index (χ4v) is 3.99. The molecule has 176 valence electrons. The van der Waals surface area contributed by atoms with Gasteiger partial charge in [-0.2, -0.15) is 10.2 Å². The van der Waals surface area contributed by atoms with E-state index in [0.29, 0.717) is 17.0 Å². The second-order valence-corrected chi connectivity index (χ2v) is 8.21. The number of halogens is 1. The van der Waals surface area contributed by atoms with Crippen LogP contribution in [0, 0.1) is 17.1 Å². The molecule has 1 aromatic heterocycles. The molecular formula is C25H27FN6O2. The van der Waals surface area contributed by atoms with Crippen LogP contribution in [0.5, 0.6) is 5.75 Å². The third-order valence-electron chi connectivity index (χ3n) is 5.96. The van der Waals surface area contributed by atoms with Crippen LogP contribution in [0.2, 0.25) is 0 Å². The molecule has 0 saturated carbocycles. The highest BCUT2D eigenvalue weighted by Gasteiger charge is 2.19. The van der Waals surface area contributed by atoms with Gasteiger partial charge in [0.25, 0.3) is 0 Å². The van der Waals surface area contributed by atoms with E-state index in [1.807, 2.05) is 19.1 Å². The number of likely N-dealkylation sites (N-methyl/N-ethyl adjacent to an activating group) is 1. The molecule has 0 fully saturated rings. The Hall–Kier alpha value is -3.74. The molecule has 8 nitrogen and oxygen atoms in total. The molecule has 34 heavy (non-hydrogen) atoms. The standard InChI is InChI=1S/C25H27FN6O2/c1-15(33-3)19-6-5-7-20(26)23(19)30-24-18(12-27)13-28-25(31-24)29-21-10-17-14-32(2)9-8-16(17)11-22(21)34-4/h5-7,10-11,13,15H,8-9,14H2,1-4H3,(H2,28,29,30,31). The molecule has 0 spiro atoms. The first-order valence-electron chi connectivity index (χ1n) is 10.9. The number of nitrogens with one attached hydrogen (secondary N) is 2. The van der Waals surface area contributed by atoms with Gasteiger partial charge in [-0.15, -0.1) is 0 Å². The molecule has 3 aromatic rings. The maximum Gasteiger partial charge on any atom is 0.229 e. The van der Waals surface area contributed by atoms with Gasteiger partial charge >= 0.3 is 0 Å². The summed E-state index contributed by atoms with van der Waals surface area (Å²) in [6.45, 7) is 3.65. The summed E-state index contributed by atoms with van der Waals surface area (Å²) in [7, 11) is 5.25. The molecule has 0 saturated heterocycles. The Morgan fingerprint density at radius 2 is 2.03 bits per heavy atom. The number of hydrogen-bond donors (Lipinski definition) is 2. The smallest absolute Gasteiger partial charge is 0.229 e. The Balaban J connectivity index is 1.69. The van der Waals surface area contributed by atoms with Gasteiger partial charge in [-0.25, -0.2) is 9.37 Å². The molecule has 0 amide bonds. The molecule has 0 radical (unpaired) electrons. The fourth-order valence-electron chi connectivity index (χ4n) is 3.99. The highest BCUT2D eigenvalue weighted by atomic mass is 19.1. The van der Waals surface area contributed by atoms with Gasteiger partial charge in [0, 0.05) is 25.8 Å². The lowest BCUT2D eigenvalue weighted by atomic mass is 9.99. The first-order valence-corrected chi connectivity index (χ1v) is 10.9. The van der Waals surface area contributed by atoms with Crippen LogP contribution in [0.3, 0.4) is 0 Å². The first kappa shape index (κ1) is 23.4. The number of para-hydroxylation sites is 1. The molecule has 1 unspecified atom stereocenters. The van der Waals surface area contributed by atoms with Gasteiger partial charge in [-0.05, 0) is 49.7 Å². The molecule has 1 aliphatic heterocycles. The summed E-state index contributed by atoms with van der Waals surface area (Å²) in [4.78, 5) is 11.0. The maximum atomic E-state index is 14.7. The van der Waals surface area contributed by atoms with Crippen LogP contribution in [-0.2, 0) is 17.7 Å². The third kappa shape index (κ3) is 4.78. The summed E-state index contributed by atoms with van der Waals surface area (Å²) in [6.07, 6.45) is 1.99. The summed E-state index contributed by atoms with van der Waals surface area (Å²) in [5.41, 5.74) is 4.17. The van der Waals surface area contributed by atoms with Gasteiger partial charge in [0.1, 0.15) is 23.2 Å². The van der Waals surface area contributed by atoms with Gasteiger partial charge in [0.05, 0.1) is 30.8 Å². The summed E-state index contributed by atoms with van der Waals surface area (Å²) in [5.74, 6) is 0.642. The quantitative estimate of drug-likeness (QED) is 0.523. The van der Waals surface area contributed by atoms with E-state index in [1.165, 1.54) is 23.4 Å². The molecule has 9 heteroatoms. The van der Waals surface area contributed by atoms with Crippen molar-refractivity contribution in [3.05, 3.63) is 64.6 Å². The molecule has 2 N–H and O–H groups in total. The van der Waals surface area contributed by atoms with E-state index in [1.54, 1.807) is 26.4 Å². The lowest BCUT2D eigenvalue weighted by Gasteiger charge is -2.26. The zero-order valence-electron chi connectivity index (χ0n) is 19.6. The van der Waals surface area contributed by atoms with Crippen molar-refractivity contribution in [2.24, 2.45) is 0 Å². The third-order valence-corrected chi connectivity index (χ3v) is 5.96. The average Bonchev–Trinajstić information content (AvgIpc) is 2.84. The number of aromatic nitrogens is 2. The van der Waals surface area contributed by atoms with E-state index in [4.69, 9.17) is 9.47 Å². The van der Waals surface area contributed by atoms with Gasteiger partial charge in [-0.1, -0.05) is 12.1 Å². The second-order valence-electron chi connectivity index (χ2n) is 8.21. The number of nitrogens with zero attached hydrogens (tertiary/aromatic N) is 4. The number of methoxy groups -OCH3 is 2. The minimum Gasteiger partial charge on any atom is -0.495 e. The van der Waals surface area contributed by atoms with Crippen molar-refractivity contribution in [1.82, 2.24) is 14.9 Å². The summed E-state index contributed by atoms with van der Waals surface area (Å²) >= 11 is 0. The zero-order valence-corrected chi connectivity index (χ0v) is 19.6. The van der Waals surface area contributed by atoms with Crippen LogP contribution in [0.1, 0.15) is 35.3 Å². The number of rotatable bonds is 7. The summed E-state index contributed by atoms with van der Waals surface area (Å²) in [5, 5.41) is 15.8. The van der Waals surface area contributed by atoms with E-state index in [2.05, 4.69) is 38.6 Å². The number of ether oxygens (including phenoxy) is 2. The van der Waals surface area contributed by atoms with Crippen molar-refractivity contribution < 1.29 is 13.9 Å². The Morgan fingerprint density at radius 3 is 2.76 bits per heavy atom. The number of anilines is 4. The van der Waals surface area contributed by atoms with E-state index < -0.39 is 5.82 Å². The van der Waals surface area contributed by atoms with Gasteiger partial charge < -0.3 is 25.0 Å². The molecule has 1 aliphatic rings. The van der Waals surface area contributed by atoms with Crippen LogP contribution in [0.25, 0.3) is 0 Å². The lowest BCUT2D eigenvalue weighted by Crippen LogP contribution is -2.26. The Bertz CT molecular complexity index is 1240. The number of hydrogen-bond acceptors (Lipinski definition) is 8. The van der Waals surface area contributed by atoms with E-state index in [9.17, 15) is 9.65 Å². The van der Waals surface area contributed by atoms with Crippen LogP contribution in [0.4, 0.5) is 27.5 Å². The predicted octanol–water partition coefficient (Wildman–Crippen LogP) is 4.68. The Labute approximate surface area is 198 Å². The van der Waals surface area contributed by atoms with Gasteiger partial charge in [-0.3, -0.25) is 0 Å². The molecule has 0 aliphatic carbocycles. The minimum atomic E-state index is -0.473. The predicted molar refractivity (Wildman–Crippen MR) is 128 cm³/mol. The summed E-state index contributed by atoms with van der Waals surface area (Å²) < 4.78 is 25.7. The molecule has 1 atom stereocenters. The lowest BCUT2D eigenvalue weighted by molar-refractivity contribution is 0.120. The first-order chi connectivity index (χ1) is 16.4. The van der Waals surface area contributed by atoms with Crippen molar-refractivity contribution in [2.45, 2.75) is 26.0 Å². The van der Waals surface area contributed by atoms with Crippen molar-refractivity contribution in [1.29, 1.82) is 5.26 Å². The zero-order chi connectivity index (χ0) is 24.2. The number of nitriles is 1. The maximum absolute atomic E-state index is 14.7. The van der Waals surface area contributed by atoms with Gasteiger partial charge in [0.2, 0.25) is 5.95 Å². The Morgan fingerprint density at radius 1 is 1.21 bits per heavy atom. The fraction of sp³-hybridized carbons (Fsp3) is 0.320. The van der Waals surface area contributed by atoms with Crippen molar-refractivity contribution >= 4 is 23.1 Å². The van der Waals surface area contributed by atoms with Crippen molar-refractivity contribution in [3.63, 3.8) is 0 Å². The van der Waals surface area contributed by atoms with Crippen molar-refractivity contribution in [3.8, 4) is 11.8 Å². The van der Waals surface area contributed by atoms with Crippen LogP contribution in [0.15, 0.2) is 36.5 Å². The monoisotopic (exact) mass is 462 g/mol. The average molecular weight is 463 g/mol. The number of benzene rings is 2. The Kier molecular flexibility index (Phi) is 6.91. The highest BCUT2D eigenvalue weighted by Crippen LogP contribution is 2.34. The van der Waals surface area contributed by atoms with E-state index >= 15 is 0 Å². The van der Waals surface area contributed by atoms with Crippen molar-refractivity contribution in [2.75, 3.05) is 38.4 Å². The molecule has 2 aromatic carbocycles. The van der Waals surface area contributed by atoms with Crippen LogP contribution >= 0.6 is 0 Å².